The smallest absolute Gasteiger partial charge is 0.233 e. The van der Waals surface area contributed by atoms with Crippen LogP contribution in [0.5, 0.6) is 0 Å². The van der Waals surface area contributed by atoms with E-state index in [0.29, 0.717) is 11.0 Å². The second kappa shape index (κ2) is 7.73. The first-order chi connectivity index (χ1) is 11.3. The van der Waals surface area contributed by atoms with Crippen LogP contribution in [0.2, 0.25) is 0 Å². The topological polar surface area (TPSA) is 42.0 Å². The van der Waals surface area contributed by atoms with Gasteiger partial charge in [-0.25, -0.2) is 4.98 Å². The van der Waals surface area contributed by atoms with Crippen LogP contribution in [0.4, 0.5) is 5.13 Å². The van der Waals surface area contributed by atoms with Gasteiger partial charge in [-0.15, -0.1) is 11.3 Å². The third-order valence-corrected chi connectivity index (χ3v) is 5.50. The maximum Gasteiger partial charge on any atom is 0.233 e. The van der Waals surface area contributed by atoms with Gasteiger partial charge in [0.1, 0.15) is 0 Å². The Balaban J connectivity index is 1.77. The maximum absolute atomic E-state index is 12.8. The highest BCUT2D eigenvalue weighted by molar-refractivity contribution is 7.13. The number of aromatic nitrogens is 1. The average molecular weight is 328 g/mol. The van der Waals surface area contributed by atoms with Crippen molar-refractivity contribution >= 4 is 22.4 Å². The molecule has 0 spiro atoms. The van der Waals surface area contributed by atoms with E-state index in [9.17, 15) is 4.79 Å². The number of carbonyl (C=O) groups excluding carboxylic acids is 1. The highest BCUT2D eigenvalue weighted by Crippen LogP contribution is 2.35. The number of thiazole rings is 1. The molecule has 2 aromatic rings. The molecule has 0 saturated heterocycles. The van der Waals surface area contributed by atoms with Crippen molar-refractivity contribution in [3.8, 4) is 0 Å². The summed E-state index contributed by atoms with van der Waals surface area (Å²) >= 11 is 1.47. The van der Waals surface area contributed by atoms with Crippen LogP contribution in [0.1, 0.15) is 56.1 Å². The molecular formula is C19H24N2OS. The van der Waals surface area contributed by atoms with E-state index in [1.807, 2.05) is 5.38 Å². The standard InChI is InChI=1S/C19H24N2OS/c1-2-14-7-9-16(10-8-14)17(13-15-5-3-4-6-15)18(22)21-19-20-11-12-23-19/h7-12,15,17H,2-6,13H2,1H3,(H,20,21,22). The Morgan fingerprint density at radius 1 is 1.30 bits per heavy atom. The zero-order valence-electron chi connectivity index (χ0n) is 13.6. The molecule has 3 rings (SSSR count). The van der Waals surface area contributed by atoms with Crippen molar-refractivity contribution in [2.75, 3.05) is 5.32 Å². The lowest BCUT2D eigenvalue weighted by molar-refractivity contribution is -0.118. The Morgan fingerprint density at radius 3 is 2.65 bits per heavy atom. The molecule has 1 heterocycles. The molecule has 3 nitrogen and oxygen atoms in total. The van der Waals surface area contributed by atoms with Gasteiger partial charge in [-0.2, -0.15) is 0 Å². The average Bonchev–Trinajstić information content (AvgIpc) is 3.26. The Labute approximate surface area is 142 Å². The van der Waals surface area contributed by atoms with E-state index in [2.05, 4.69) is 41.5 Å². The summed E-state index contributed by atoms with van der Waals surface area (Å²) in [6, 6.07) is 8.54. The van der Waals surface area contributed by atoms with E-state index >= 15 is 0 Å². The Hall–Kier alpha value is -1.68. The Morgan fingerprint density at radius 2 is 2.04 bits per heavy atom. The predicted molar refractivity (Wildman–Crippen MR) is 95.9 cm³/mol. The minimum Gasteiger partial charge on any atom is -0.301 e. The second-order valence-electron chi connectivity index (χ2n) is 6.36. The molecule has 1 aliphatic rings. The van der Waals surface area contributed by atoms with Crippen molar-refractivity contribution in [1.82, 2.24) is 4.98 Å². The Kier molecular flexibility index (Phi) is 5.44. The largest absolute Gasteiger partial charge is 0.301 e. The van der Waals surface area contributed by atoms with Crippen LogP contribution in [-0.4, -0.2) is 10.9 Å². The molecule has 4 heteroatoms. The lowest BCUT2D eigenvalue weighted by atomic mass is 9.87. The van der Waals surface area contributed by atoms with Gasteiger partial charge in [0.25, 0.3) is 0 Å². The number of nitrogens with one attached hydrogen (secondary N) is 1. The predicted octanol–water partition coefficient (Wildman–Crippen LogP) is 5.01. The molecule has 1 aromatic heterocycles. The van der Waals surface area contributed by atoms with Gasteiger partial charge in [-0.05, 0) is 29.9 Å². The quantitative estimate of drug-likeness (QED) is 0.810. The third-order valence-electron chi connectivity index (χ3n) is 4.81. The van der Waals surface area contributed by atoms with Gasteiger partial charge in [0.05, 0.1) is 5.92 Å². The second-order valence-corrected chi connectivity index (χ2v) is 7.25. The monoisotopic (exact) mass is 328 g/mol. The zero-order chi connectivity index (χ0) is 16.1. The number of aryl methyl sites for hydroxylation is 1. The van der Waals surface area contributed by atoms with Crippen LogP contribution in [0.15, 0.2) is 35.8 Å². The summed E-state index contributed by atoms with van der Waals surface area (Å²) in [4.78, 5) is 17.0. The molecule has 1 fully saturated rings. The first-order valence-electron chi connectivity index (χ1n) is 8.55. The van der Waals surface area contributed by atoms with Crippen LogP contribution in [0.3, 0.4) is 0 Å². The fourth-order valence-electron chi connectivity index (χ4n) is 3.44. The minimum atomic E-state index is -0.0760. The summed E-state index contributed by atoms with van der Waals surface area (Å²) < 4.78 is 0. The van der Waals surface area contributed by atoms with Gasteiger partial charge in [-0.3, -0.25) is 4.79 Å². The van der Waals surface area contributed by atoms with E-state index in [-0.39, 0.29) is 11.8 Å². The fraction of sp³-hybridized carbons (Fsp3) is 0.474. The normalized spacial score (nSPS) is 16.4. The Bertz CT molecular complexity index is 615. The number of anilines is 1. The summed E-state index contributed by atoms with van der Waals surface area (Å²) in [6.45, 7) is 2.15. The molecule has 1 N–H and O–H groups in total. The lowest BCUT2D eigenvalue weighted by Crippen LogP contribution is -2.23. The molecule has 0 aliphatic heterocycles. The lowest BCUT2D eigenvalue weighted by Gasteiger charge is -2.20. The number of amides is 1. The first kappa shape index (κ1) is 16.2. The van der Waals surface area contributed by atoms with Gasteiger partial charge in [0.15, 0.2) is 5.13 Å². The minimum absolute atomic E-state index is 0.0760. The molecule has 1 saturated carbocycles. The van der Waals surface area contributed by atoms with E-state index in [1.165, 1.54) is 42.6 Å². The van der Waals surface area contributed by atoms with Crippen molar-refractivity contribution in [1.29, 1.82) is 0 Å². The molecule has 1 aromatic carbocycles. The van der Waals surface area contributed by atoms with Crippen LogP contribution in [0, 0.1) is 5.92 Å². The number of nitrogens with zero attached hydrogens (tertiary/aromatic N) is 1. The van der Waals surface area contributed by atoms with Crippen molar-refractivity contribution < 1.29 is 4.79 Å². The number of hydrogen-bond donors (Lipinski definition) is 1. The van der Waals surface area contributed by atoms with Gasteiger partial charge in [0.2, 0.25) is 5.91 Å². The van der Waals surface area contributed by atoms with Crippen molar-refractivity contribution in [2.45, 2.75) is 51.4 Å². The number of hydrogen-bond acceptors (Lipinski definition) is 3. The third kappa shape index (κ3) is 4.20. The van der Waals surface area contributed by atoms with Crippen LogP contribution in [0.25, 0.3) is 0 Å². The van der Waals surface area contributed by atoms with Gasteiger partial charge in [-0.1, -0.05) is 56.9 Å². The molecule has 23 heavy (non-hydrogen) atoms. The number of benzene rings is 1. The number of carbonyl (C=O) groups is 1. The van der Waals surface area contributed by atoms with Crippen molar-refractivity contribution in [3.05, 3.63) is 47.0 Å². The number of rotatable bonds is 6. The van der Waals surface area contributed by atoms with Crippen LogP contribution in [-0.2, 0) is 11.2 Å². The highest BCUT2D eigenvalue weighted by Gasteiger charge is 2.27. The molecule has 1 aliphatic carbocycles. The molecule has 122 valence electrons. The summed E-state index contributed by atoms with van der Waals surface area (Å²) in [5.74, 6) is 0.678. The van der Waals surface area contributed by atoms with Crippen LogP contribution >= 0.6 is 11.3 Å². The molecule has 0 bridgehead atoms. The summed E-state index contributed by atoms with van der Waals surface area (Å²) in [7, 11) is 0. The zero-order valence-corrected chi connectivity index (χ0v) is 14.4. The summed E-state index contributed by atoms with van der Waals surface area (Å²) in [5.41, 5.74) is 2.44. The maximum atomic E-state index is 12.8. The molecule has 1 atom stereocenters. The fourth-order valence-corrected chi connectivity index (χ4v) is 3.97. The van der Waals surface area contributed by atoms with E-state index in [0.717, 1.165) is 18.4 Å². The van der Waals surface area contributed by atoms with E-state index in [1.54, 1.807) is 6.20 Å². The molecule has 0 radical (unpaired) electrons. The summed E-state index contributed by atoms with van der Waals surface area (Å²) in [5, 5.41) is 5.57. The SMILES string of the molecule is CCc1ccc(C(CC2CCCC2)C(=O)Nc2nccs2)cc1. The molecule has 1 unspecified atom stereocenters. The van der Waals surface area contributed by atoms with Crippen molar-refractivity contribution in [2.24, 2.45) is 5.92 Å². The first-order valence-corrected chi connectivity index (χ1v) is 9.43. The van der Waals surface area contributed by atoms with E-state index < -0.39 is 0 Å². The molecular weight excluding hydrogens is 304 g/mol. The van der Waals surface area contributed by atoms with Crippen LogP contribution < -0.4 is 5.32 Å². The highest BCUT2D eigenvalue weighted by atomic mass is 32.1. The van der Waals surface area contributed by atoms with Crippen molar-refractivity contribution in [3.63, 3.8) is 0 Å². The summed E-state index contributed by atoms with van der Waals surface area (Å²) in [6.07, 6.45) is 8.83. The molecule has 1 amide bonds. The van der Waals surface area contributed by atoms with E-state index in [4.69, 9.17) is 0 Å². The van der Waals surface area contributed by atoms with Gasteiger partial charge in [0, 0.05) is 11.6 Å². The van der Waals surface area contributed by atoms with Gasteiger partial charge < -0.3 is 5.32 Å². The van der Waals surface area contributed by atoms with Gasteiger partial charge >= 0.3 is 0 Å².